The molecule has 5 nitrogen and oxygen atoms in total. The van der Waals surface area contributed by atoms with Crippen LogP contribution >= 0.6 is 11.3 Å². The second-order valence-corrected chi connectivity index (χ2v) is 6.31. The lowest BCUT2D eigenvalue weighted by Crippen LogP contribution is -2.16. The molecule has 0 unspecified atom stereocenters. The summed E-state index contributed by atoms with van der Waals surface area (Å²) < 4.78 is 11.2. The maximum absolute atomic E-state index is 10.9. The smallest absolute Gasteiger partial charge is 0.345 e. The second-order valence-electron chi connectivity index (χ2n) is 5.15. The standard InChI is InChI=1S/C18H23NO4S/c1-3-22-15-7-5-13(11-16(15)23-4-2)9-10-19-12-14-6-8-17(24-14)18(20)21/h5-8,11,19H,3-4,9-10,12H2,1-2H3,(H,20,21). The number of hydrogen-bond acceptors (Lipinski definition) is 5. The normalized spacial score (nSPS) is 10.6. The maximum atomic E-state index is 10.9. The predicted molar refractivity (Wildman–Crippen MR) is 95.5 cm³/mol. The van der Waals surface area contributed by atoms with E-state index in [0.29, 0.717) is 24.6 Å². The van der Waals surface area contributed by atoms with E-state index in [-0.39, 0.29) is 0 Å². The summed E-state index contributed by atoms with van der Waals surface area (Å²) in [6.07, 6.45) is 0.865. The molecule has 2 rings (SSSR count). The molecule has 1 heterocycles. The Kier molecular flexibility index (Phi) is 7.08. The number of benzene rings is 1. The van der Waals surface area contributed by atoms with Crippen LogP contribution in [0.5, 0.6) is 11.5 Å². The van der Waals surface area contributed by atoms with Crippen LogP contribution in [0, 0.1) is 0 Å². The molecule has 2 N–H and O–H groups in total. The van der Waals surface area contributed by atoms with Gasteiger partial charge in [-0.05, 0) is 56.6 Å². The van der Waals surface area contributed by atoms with Gasteiger partial charge in [-0.3, -0.25) is 0 Å². The molecule has 130 valence electrons. The molecule has 0 fully saturated rings. The molecule has 1 aromatic carbocycles. The molecule has 0 amide bonds. The highest BCUT2D eigenvalue weighted by Gasteiger charge is 2.08. The minimum absolute atomic E-state index is 0.375. The topological polar surface area (TPSA) is 67.8 Å². The van der Waals surface area contributed by atoms with Gasteiger partial charge in [0, 0.05) is 11.4 Å². The third-order valence-corrected chi connectivity index (χ3v) is 4.44. The molecule has 24 heavy (non-hydrogen) atoms. The number of rotatable bonds is 10. The largest absolute Gasteiger partial charge is 0.490 e. The second kappa shape index (κ2) is 9.30. The fourth-order valence-electron chi connectivity index (χ4n) is 2.28. The van der Waals surface area contributed by atoms with Crippen molar-refractivity contribution in [2.45, 2.75) is 26.8 Å². The summed E-state index contributed by atoms with van der Waals surface area (Å²) in [4.78, 5) is 12.3. The molecule has 0 aliphatic heterocycles. The van der Waals surface area contributed by atoms with Gasteiger partial charge in [0.25, 0.3) is 0 Å². The molecule has 0 atom stereocenters. The average molecular weight is 349 g/mol. The van der Waals surface area contributed by atoms with Crippen molar-refractivity contribution in [1.29, 1.82) is 0 Å². The van der Waals surface area contributed by atoms with Crippen molar-refractivity contribution in [1.82, 2.24) is 5.32 Å². The molecule has 0 saturated heterocycles. The Morgan fingerprint density at radius 3 is 2.54 bits per heavy atom. The lowest BCUT2D eigenvalue weighted by Gasteiger charge is -2.12. The van der Waals surface area contributed by atoms with Crippen molar-refractivity contribution in [3.63, 3.8) is 0 Å². The predicted octanol–water partition coefficient (Wildman–Crippen LogP) is 3.58. The van der Waals surface area contributed by atoms with Gasteiger partial charge in [-0.15, -0.1) is 11.3 Å². The van der Waals surface area contributed by atoms with Crippen LogP contribution in [0.15, 0.2) is 30.3 Å². The van der Waals surface area contributed by atoms with Gasteiger partial charge in [-0.25, -0.2) is 4.79 Å². The molecule has 2 aromatic rings. The van der Waals surface area contributed by atoms with E-state index in [0.717, 1.165) is 29.3 Å². The first-order valence-corrected chi connectivity index (χ1v) is 8.87. The zero-order valence-corrected chi connectivity index (χ0v) is 14.8. The minimum Gasteiger partial charge on any atom is -0.490 e. The van der Waals surface area contributed by atoms with Crippen molar-refractivity contribution in [2.24, 2.45) is 0 Å². The van der Waals surface area contributed by atoms with Gasteiger partial charge >= 0.3 is 5.97 Å². The van der Waals surface area contributed by atoms with Gasteiger partial charge in [0.15, 0.2) is 11.5 Å². The monoisotopic (exact) mass is 349 g/mol. The van der Waals surface area contributed by atoms with Crippen molar-refractivity contribution in [2.75, 3.05) is 19.8 Å². The number of carboxylic acid groups (broad SMARTS) is 1. The van der Waals surface area contributed by atoms with E-state index in [4.69, 9.17) is 14.6 Å². The molecular formula is C18H23NO4S. The van der Waals surface area contributed by atoms with Crippen LogP contribution in [0.4, 0.5) is 0 Å². The Morgan fingerprint density at radius 2 is 1.88 bits per heavy atom. The molecule has 0 spiro atoms. The van der Waals surface area contributed by atoms with Crippen LogP contribution in [0.3, 0.4) is 0 Å². The minimum atomic E-state index is -0.871. The van der Waals surface area contributed by atoms with Crippen LogP contribution in [-0.2, 0) is 13.0 Å². The highest BCUT2D eigenvalue weighted by molar-refractivity contribution is 7.13. The number of carboxylic acids is 1. The SMILES string of the molecule is CCOc1ccc(CCNCc2ccc(C(=O)O)s2)cc1OCC. The summed E-state index contributed by atoms with van der Waals surface area (Å²) in [7, 11) is 0. The Morgan fingerprint density at radius 1 is 1.12 bits per heavy atom. The lowest BCUT2D eigenvalue weighted by atomic mass is 10.1. The number of carbonyl (C=O) groups is 1. The van der Waals surface area contributed by atoms with Crippen molar-refractivity contribution < 1.29 is 19.4 Å². The van der Waals surface area contributed by atoms with Crippen molar-refractivity contribution in [3.8, 4) is 11.5 Å². The van der Waals surface area contributed by atoms with Gasteiger partial charge in [0.2, 0.25) is 0 Å². The number of aromatic carboxylic acids is 1. The Hall–Kier alpha value is -2.05. The molecule has 0 aliphatic rings. The van der Waals surface area contributed by atoms with Crippen molar-refractivity contribution in [3.05, 3.63) is 45.6 Å². The van der Waals surface area contributed by atoms with Crippen molar-refractivity contribution >= 4 is 17.3 Å². The van der Waals surface area contributed by atoms with Crippen LogP contribution < -0.4 is 14.8 Å². The summed E-state index contributed by atoms with van der Waals surface area (Å²) in [6, 6.07) is 9.50. The number of nitrogens with one attached hydrogen (secondary N) is 1. The van der Waals surface area contributed by atoms with Gasteiger partial charge in [0.1, 0.15) is 4.88 Å². The Labute approximate surface area is 146 Å². The van der Waals surface area contributed by atoms with Gasteiger partial charge in [0.05, 0.1) is 13.2 Å². The van der Waals surface area contributed by atoms with E-state index in [1.54, 1.807) is 6.07 Å². The Balaban J connectivity index is 1.84. The highest BCUT2D eigenvalue weighted by Crippen LogP contribution is 2.28. The molecule has 1 aromatic heterocycles. The van der Waals surface area contributed by atoms with E-state index < -0.39 is 5.97 Å². The van der Waals surface area contributed by atoms with E-state index in [1.807, 2.05) is 38.1 Å². The number of ether oxygens (including phenoxy) is 2. The van der Waals surface area contributed by atoms with Gasteiger partial charge < -0.3 is 19.9 Å². The summed E-state index contributed by atoms with van der Waals surface area (Å²) in [6.45, 7) is 6.60. The van der Waals surface area contributed by atoms with Crippen LogP contribution in [0.25, 0.3) is 0 Å². The number of thiophene rings is 1. The first kappa shape index (κ1) is 18.3. The lowest BCUT2D eigenvalue weighted by molar-refractivity contribution is 0.0702. The van der Waals surface area contributed by atoms with Crippen LogP contribution in [-0.4, -0.2) is 30.8 Å². The molecular weight excluding hydrogens is 326 g/mol. The Bertz CT molecular complexity index is 669. The van der Waals surface area contributed by atoms with E-state index in [9.17, 15) is 4.79 Å². The van der Waals surface area contributed by atoms with Gasteiger partial charge in [-0.1, -0.05) is 6.07 Å². The molecule has 0 aliphatic carbocycles. The molecule has 6 heteroatoms. The third-order valence-electron chi connectivity index (χ3n) is 3.37. The van der Waals surface area contributed by atoms with E-state index in [2.05, 4.69) is 5.32 Å². The van der Waals surface area contributed by atoms with E-state index >= 15 is 0 Å². The zero-order chi connectivity index (χ0) is 17.4. The van der Waals surface area contributed by atoms with Gasteiger partial charge in [-0.2, -0.15) is 0 Å². The van der Waals surface area contributed by atoms with Crippen LogP contribution in [0.1, 0.15) is 34.0 Å². The van der Waals surface area contributed by atoms with Crippen LogP contribution in [0.2, 0.25) is 0 Å². The summed E-state index contributed by atoms with van der Waals surface area (Å²) in [5.41, 5.74) is 1.17. The first-order valence-electron chi connectivity index (χ1n) is 8.05. The summed E-state index contributed by atoms with van der Waals surface area (Å²) in [5, 5.41) is 12.3. The molecule has 0 saturated carbocycles. The third kappa shape index (κ3) is 5.25. The molecule has 0 bridgehead atoms. The van der Waals surface area contributed by atoms with E-state index in [1.165, 1.54) is 16.9 Å². The average Bonchev–Trinajstić information content (AvgIpc) is 3.03. The number of hydrogen-bond donors (Lipinski definition) is 2. The molecule has 0 radical (unpaired) electrons. The summed E-state index contributed by atoms with van der Waals surface area (Å²) >= 11 is 1.31. The summed E-state index contributed by atoms with van der Waals surface area (Å²) in [5.74, 6) is 0.682. The fraction of sp³-hybridized carbons (Fsp3) is 0.389. The quantitative estimate of drug-likeness (QED) is 0.642. The maximum Gasteiger partial charge on any atom is 0.345 e. The highest BCUT2D eigenvalue weighted by atomic mass is 32.1. The fourth-order valence-corrected chi connectivity index (χ4v) is 3.10. The first-order chi connectivity index (χ1) is 11.6. The zero-order valence-electron chi connectivity index (χ0n) is 14.0.